The first-order valence-electron chi connectivity index (χ1n) is 6.94. The van der Waals surface area contributed by atoms with Crippen molar-refractivity contribution in [3.63, 3.8) is 0 Å². The van der Waals surface area contributed by atoms with Gasteiger partial charge in [-0.3, -0.25) is 4.79 Å². The summed E-state index contributed by atoms with van der Waals surface area (Å²) in [5, 5.41) is 2.89. The number of carbonyl (C=O) groups excluding carboxylic acids is 1. The number of ether oxygens (including phenoxy) is 1. The fourth-order valence-electron chi connectivity index (χ4n) is 2.00. The molecule has 2 aromatic rings. The second kappa shape index (κ2) is 7.81. The zero-order valence-electron chi connectivity index (χ0n) is 13.3. The zero-order chi connectivity index (χ0) is 18.6. The van der Waals surface area contributed by atoms with Gasteiger partial charge in [-0.05, 0) is 49.2 Å². The molecule has 1 amide bonds. The molecule has 0 aliphatic carbocycles. The van der Waals surface area contributed by atoms with Crippen molar-refractivity contribution in [2.75, 3.05) is 6.61 Å². The van der Waals surface area contributed by atoms with E-state index < -0.39 is 21.1 Å². The fourth-order valence-corrected chi connectivity index (χ4v) is 3.12. The van der Waals surface area contributed by atoms with Crippen LogP contribution in [0.2, 0.25) is 0 Å². The van der Waals surface area contributed by atoms with E-state index in [0.717, 1.165) is 27.9 Å². The molecule has 8 nitrogen and oxygen atoms in total. The largest absolute Gasteiger partial charge is 0.742 e. The Labute approximate surface area is 152 Å². The summed E-state index contributed by atoms with van der Waals surface area (Å²) in [6, 6.07) is 5.99. The van der Waals surface area contributed by atoms with E-state index in [4.69, 9.17) is 9.15 Å². The number of hydrazone groups is 1. The SMILES string of the molecule is Cc1cc(Br)cc(C)c1OCC(=O)NN=Cc1ccc(S(=O)(=O)[O-])o1. The van der Waals surface area contributed by atoms with E-state index in [1.807, 2.05) is 26.0 Å². The first kappa shape index (κ1) is 19.2. The first-order chi connectivity index (χ1) is 11.7. The quantitative estimate of drug-likeness (QED) is 0.426. The summed E-state index contributed by atoms with van der Waals surface area (Å²) >= 11 is 3.38. The van der Waals surface area contributed by atoms with Crippen LogP contribution in [0.4, 0.5) is 0 Å². The molecule has 0 spiro atoms. The van der Waals surface area contributed by atoms with Crippen LogP contribution in [0, 0.1) is 13.8 Å². The van der Waals surface area contributed by atoms with Gasteiger partial charge in [0.15, 0.2) is 16.7 Å². The van der Waals surface area contributed by atoms with E-state index in [1.165, 1.54) is 6.07 Å². The van der Waals surface area contributed by atoms with Crippen molar-refractivity contribution in [2.24, 2.45) is 5.10 Å². The van der Waals surface area contributed by atoms with Gasteiger partial charge in [0.25, 0.3) is 5.91 Å². The molecule has 10 heteroatoms. The van der Waals surface area contributed by atoms with Gasteiger partial charge in [0.05, 0.1) is 6.21 Å². The van der Waals surface area contributed by atoms with Gasteiger partial charge >= 0.3 is 0 Å². The molecule has 0 unspecified atom stereocenters. The van der Waals surface area contributed by atoms with Gasteiger partial charge in [-0.2, -0.15) is 5.10 Å². The molecule has 0 aliphatic heterocycles. The van der Waals surface area contributed by atoms with Crippen LogP contribution in [0.25, 0.3) is 0 Å². The number of halogens is 1. The van der Waals surface area contributed by atoms with E-state index in [9.17, 15) is 17.8 Å². The predicted octanol–water partition coefficient (Wildman–Crippen LogP) is 2.09. The van der Waals surface area contributed by atoms with Crippen LogP contribution >= 0.6 is 15.9 Å². The van der Waals surface area contributed by atoms with Crippen LogP contribution in [0.3, 0.4) is 0 Å². The van der Waals surface area contributed by atoms with Crippen molar-refractivity contribution in [3.8, 4) is 5.75 Å². The predicted molar refractivity (Wildman–Crippen MR) is 91.5 cm³/mol. The highest BCUT2D eigenvalue weighted by Crippen LogP contribution is 2.27. The molecule has 1 aromatic heterocycles. The summed E-state index contributed by atoms with van der Waals surface area (Å²) in [5.41, 5.74) is 3.97. The summed E-state index contributed by atoms with van der Waals surface area (Å²) in [4.78, 5) is 11.7. The number of amides is 1. The third kappa shape index (κ3) is 5.41. The van der Waals surface area contributed by atoms with E-state index in [-0.39, 0.29) is 12.4 Å². The molecule has 2 rings (SSSR count). The maximum Gasteiger partial charge on any atom is 0.277 e. The first-order valence-corrected chi connectivity index (χ1v) is 9.14. The standard InChI is InChI=1S/C15H15BrN2O6S/c1-9-5-11(16)6-10(2)15(9)23-8-13(19)18-17-7-12-3-4-14(24-12)25(20,21)22/h3-7H,8H2,1-2H3,(H,18,19)(H,20,21,22)/p-1. The normalized spacial score (nSPS) is 11.7. The minimum absolute atomic E-state index is 0.00948. The van der Waals surface area contributed by atoms with Gasteiger partial charge in [-0.1, -0.05) is 15.9 Å². The molecule has 134 valence electrons. The number of nitrogens with one attached hydrogen (secondary N) is 1. The van der Waals surface area contributed by atoms with E-state index in [0.29, 0.717) is 5.75 Å². The van der Waals surface area contributed by atoms with Crippen molar-refractivity contribution >= 4 is 38.2 Å². The molecule has 1 aromatic carbocycles. The third-order valence-corrected chi connectivity index (χ3v) is 4.17. The van der Waals surface area contributed by atoms with Crippen molar-refractivity contribution in [1.82, 2.24) is 5.43 Å². The average molecular weight is 430 g/mol. The van der Waals surface area contributed by atoms with Crippen LogP contribution in [-0.2, 0) is 14.9 Å². The van der Waals surface area contributed by atoms with Gasteiger partial charge in [-0.25, -0.2) is 13.8 Å². The van der Waals surface area contributed by atoms with Crippen molar-refractivity contribution < 1.29 is 26.9 Å². The van der Waals surface area contributed by atoms with Crippen LogP contribution in [0.5, 0.6) is 5.75 Å². The minimum atomic E-state index is -4.66. The highest BCUT2D eigenvalue weighted by atomic mass is 79.9. The van der Waals surface area contributed by atoms with Crippen molar-refractivity contribution in [3.05, 3.63) is 45.6 Å². The number of aryl methyl sites for hydroxylation is 2. The highest BCUT2D eigenvalue weighted by Gasteiger charge is 2.09. The average Bonchev–Trinajstić information content (AvgIpc) is 2.95. The summed E-state index contributed by atoms with van der Waals surface area (Å²) < 4.78 is 43.4. The van der Waals surface area contributed by atoms with E-state index >= 15 is 0 Å². The molecule has 0 saturated heterocycles. The lowest BCUT2D eigenvalue weighted by molar-refractivity contribution is -0.123. The van der Waals surface area contributed by atoms with Crippen molar-refractivity contribution in [1.29, 1.82) is 0 Å². The van der Waals surface area contributed by atoms with Crippen LogP contribution in [0.1, 0.15) is 16.9 Å². The molecular formula is C15H14BrN2O6S-. The second-order valence-electron chi connectivity index (χ2n) is 5.06. The molecular weight excluding hydrogens is 416 g/mol. The van der Waals surface area contributed by atoms with Gasteiger partial charge in [-0.15, -0.1) is 0 Å². The van der Waals surface area contributed by atoms with E-state index in [1.54, 1.807) is 0 Å². The maximum atomic E-state index is 11.7. The molecule has 0 bridgehead atoms. The van der Waals surface area contributed by atoms with Gasteiger partial charge in [0, 0.05) is 4.47 Å². The number of hydrogen-bond donors (Lipinski definition) is 1. The number of rotatable bonds is 6. The molecule has 0 saturated carbocycles. The number of carbonyl (C=O) groups is 1. The Morgan fingerprint density at radius 1 is 1.36 bits per heavy atom. The Morgan fingerprint density at radius 3 is 2.56 bits per heavy atom. The molecule has 1 N–H and O–H groups in total. The molecule has 0 atom stereocenters. The molecule has 1 heterocycles. The summed E-state index contributed by atoms with van der Waals surface area (Å²) in [6.45, 7) is 3.47. The smallest absolute Gasteiger partial charge is 0.277 e. The summed E-state index contributed by atoms with van der Waals surface area (Å²) in [7, 11) is -4.66. The lowest BCUT2D eigenvalue weighted by Gasteiger charge is -2.11. The van der Waals surface area contributed by atoms with Crippen molar-refractivity contribution in [2.45, 2.75) is 18.9 Å². The number of furan rings is 1. The Morgan fingerprint density at radius 2 is 2.00 bits per heavy atom. The van der Waals surface area contributed by atoms with Gasteiger partial charge < -0.3 is 13.7 Å². The van der Waals surface area contributed by atoms with Gasteiger partial charge in [0.2, 0.25) is 5.09 Å². The lowest BCUT2D eigenvalue weighted by Crippen LogP contribution is -2.25. The Kier molecular flexibility index (Phi) is 5.98. The Hall–Kier alpha value is -2.17. The topological polar surface area (TPSA) is 121 Å². The van der Waals surface area contributed by atoms with Gasteiger partial charge in [0.1, 0.15) is 11.5 Å². The Bertz CT molecular complexity index is 897. The van der Waals surface area contributed by atoms with Crippen LogP contribution in [-0.4, -0.2) is 31.7 Å². The van der Waals surface area contributed by atoms with Crippen LogP contribution in [0.15, 0.2) is 43.3 Å². The maximum absolute atomic E-state index is 11.7. The molecule has 25 heavy (non-hydrogen) atoms. The lowest BCUT2D eigenvalue weighted by atomic mass is 10.1. The monoisotopic (exact) mass is 429 g/mol. The number of hydrogen-bond acceptors (Lipinski definition) is 7. The molecule has 0 radical (unpaired) electrons. The van der Waals surface area contributed by atoms with E-state index in [2.05, 4.69) is 26.5 Å². The Balaban J connectivity index is 1.90. The molecule has 0 aliphatic rings. The fraction of sp³-hybridized carbons (Fsp3) is 0.200. The zero-order valence-corrected chi connectivity index (χ0v) is 15.7. The summed E-state index contributed by atoms with van der Waals surface area (Å²) in [6.07, 6.45) is 1.07. The third-order valence-electron chi connectivity index (χ3n) is 3.00. The minimum Gasteiger partial charge on any atom is -0.742 e. The molecule has 0 fully saturated rings. The second-order valence-corrected chi connectivity index (χ2v) is 7.29. The number of nitrogens with zero attached hydrogens (tertiary/aromatic N) is 1. The highest BCUT2D eigenvalue weighted by molar-refractivity contribution is 9.10. The van der Waals surface area contributed by atoms with Crippen LogP contribution < -0.4 is 10.2 Å². The summed E-state index contributed by atoms with van der Waals surface area (Å²) in [5.74, 6) is 0.107. The number of benzene rings is 1.